The molecular formula is C25H21F3N8O2. The van der Waals surface area contributed by atoms with Crippen LogP contribution in [0.3, 0.4) is 0 Å². The number of alkyl halides is 3. The van der Waals surface area contributed by atoms with Crippen molar-refractivity contribution in [3.8, 4) is 23.1 Å². The number of methoxy groups -OCH3 is 2. The number of hydrogen-bond acceptors (Lipinski definition) is 8. The number of aromatic nitrogens is 8. The second-order valence-corrected chi connectivity index (χ2v) is 8.83. The number of nitrogens with zero attached hydrogens (tertiary/aromatic N) is 8. The first-order valence-electron chi connectivity index (χ1n) is 11.7. The molecule has 0 spiro atoms. The van der Waals surface area contributed by atoms with Gasteiger partial charge in [0.15, 0.2) is 5.69 Å². The first-order chi connectivity index (χ1) is 18.4. The minimum Gasteiger partial charge on any atom is -0.481 e. The monoisotopic (exact) mass is 522 g/mol. The van der Waals surface area contributed by atoms with Gasteiger partial charge >= 0.3 is 6.18 Å². The summed E-state index contributed by atoms with van der Waals surface area (Å²) in [5, 5.41) is 8.53. The van der Waals surface area contributed by atoms with Crippen LogP contribution in [-0.4, -0.2) is 53.7 Å². The molecule has 1 saturated carbocycles. The van der Waals surface area contributed by atoms with Gasteiger partial charge in [-0.05, 0) is 30.5 Å². The molecule has 1 aliphatic carbocycles. The van der Waals surface area contributed by atoms with Crippen LogP contribution in [0.5, 0.6) is 11.8 Å². The van der Waals surface area contributed by atoms with Gasteiger partial charge in [0.2, 0.25) is 11.8 Å². The van der Waals surface area contributed by atoms with Gasteiger partial charge in [0.25, 0.3) is 0 Å². The minimum atomic E-state index is -4.58. The van der Waals surface area contributed by atoms with Crippen LogP contribution < -0.4 is 9.47 Å². The smallest absolute Gasteiger partial charge is 0.435 e. The van der Waals surface area contributed by atoms with E-state index in [1.807, 2.05) is 0 Å². The Morgan fingerprint density at radius 2 is 1.74 bits per heavy atom. The maximum absolute atomic E-state index is 13.1. The Morgan fingerprint density at radius 3 is 2.42 bits per heavy atom. The van der Waals surface area contributed by atoms with Gasteiger partial charge in [0.05, 0.1) is 37.5 Å². The number of fused-ring (bicyclic) bond motifs is 1. The van der Waals surface area contributed by atoms with Crippen molar-refractivity contribution in [2.24, 2.45) is 0 Å². The van der Waals surface area contributed by atoms with Crippen LogP contribution in [0.15, 0.2) is 49.2 Å². The second-order valence-electron chi connectivity index (χ2n) is 8.83. The fourth-order valence-corrected chi connectivity index (χ4v) is 4.37. The maximum atomic E-state index is 13.1. The Balaban J connectivity index is 1.37. The lowest BCUT2D eigenvalue weighted by molar-refractivity contribution is -0.141. The Labute approximate surface area is 214 Å². The van der Waals surface area contributed by atoms with Crippen molar-refractivity contribution in [2.45, 2.75) is 31.4 Å². The van der Waals surface area contributed by atoms with Crippen molar-refractivity contribution in [1.29, 1.82) is 0 Å². The fourth-order valence-electron chi connectivity index (χ4n) is 4.37. The first kappa shape index (κ1) is 23.8. The lowest BCUT2D eigenvalue weighted by Gasteiger charge is -2.12. The van der Waals surface area contributed by atoms with Gasteiger partial charge in [0, 0.05) is 18.4 Å². The molecule has 1 fully saturated rings. The van der Waals surface area contributed by atoms with Crippen molar-refractivity contribution in [3.63, 3.8) is 0 Å². The Bertz CT molecular complexity index is 1620. The zero-order valence-corrected chi connectivity index (χ0v) is 20.3. The van der Waals surface area contributed by atoms with Crippen LogP contribution in [0, 0.1) is 0 Å². The van der Waals surface area contributed by atoms with Gasteiger partial charge in [-0.1, -0.05) is 12.1 Å². The van der Waals surface area contributed by atoms with Gasteiger partial charge in [-0.2, -0.15) is 28.4 Å². The van der Waals surface area contributed by atoms with E-state index < -0.39 is 11.9 Å². The minimum absolute atomic E-state index is 0.0167. The van der Waals surface area contributed by atoms with Gasteiger partial charge < -0.3 is 9.47 Å². The zero-order chi connectivity index (χ0) is 26.4. The molecule has 0 amide bonds. The van der Waals surface area contributed by atoms with Crippen molar-refractivity contribution in [3.05, 3.63) is 71.8 Å². The quantitative estimate of drug-likeness (QED) is 0.312. The van der Waals surface area contributed by atoms with Crippen LogP contribution in [0.25, 0.3) is 22.4 Å². The SMILES string of the molecule is COc1ncnc(C2CC2)c1-n1nc(Cc2ccc(-n3nc(C(F)(F)F)cc3OC)cc2)c2ncncc21. The van der Waals surface area contributed by atoms with Crippen LogP contribution in [0.4, 0.5) is 13.2 Å². The number of ether oxygens (including phenoxy) is 2. The highest BCUT2D eigenvalue weighted by Gasteiger charge is 2.35. The summed E-state index contributed by atoms with van der Waals surface area (Å²) in [6, 6.07) is 7.83. The summed E-state index contributed by atoms with van der Waals surface area (Å²) < 4.78 is 52.9. The largest absolute Gasteiger partial charge is 0.481 e. The van der Waals surface area contributed by atoms with Gasteiger partial charge in [-0.3, -0.25) is 0 Å². The summed E-state index contributed by atoms with van der Waals surface area (Å²) in [6.45, 7) is 0. The molecule has 0 radical (unpaired) electrons. The molecule has 4 heterocycles. The van der Waals surface area contributed by atoms with Crippen LogP contribution in [0.1, 0.15) is 41.4 Å². The fraction of sp³-hybridized carbons (Fsp3) is 0.280. The standard InChI is InChI=1S/C25H21F3N8O2/c1-37-20-10-19(25(26,27)28)34-35(20)16-7-3-14(4-8-16)9-17-22-18(11-29-12-30-22)36(33-17)23-21(15-5-6-15)31-13-32-24(23)38-2/h3-4,7-8,10-13,15H,5-6,9H2,1-2H3. The summed E-state index contributed by atoms with van der Waals surface area (Å²) in [7, 11) is 2.85. The van der Waals surface area contributed by atoms with Crippen LogP contribution in [0.2, 0.25) is 0 Å². The van der Waals surface area contributed by atoms with Crippen LogP contribution in [-0.2, 0) is 12.6 Å². The molecule has 6 rings (SSSR count). The van der Waals surface area contributed by atoms with E-state index in [-0.39, 0.29) is 5.88 Å². The topological polar surface area (TPSA) is 106 Å². The maximum Gasteiger partial charge on any atom is 0.435 e. The molecule has 13 heteroatoms. The molecule has 10 nitrogen and oxygen atoms in total. The molecule has 0 saturated heterocycles. The van der Waals surface area contributed by atoms with E-state index in [1.54, 1.807) is 42.3 Å². The number of halogens is 3. The molecule has 1 aromatic carbocycles. The highest BCUT2D eigenvalue weighted by atomic mass is 19.4. The average Bonchev–Trinajstić information content (AvgIpc) is 3.57. The number of rotatable bonds is 7. The number of hydrogen-bond donors (Lipinski definition) is 0. The third-order valence-corrected chi connectivity index (χ3v) is 6.33. The van der Waals surface area contributed by atoms with Gasteiger partial charge in [-0.25, -0.2) is 24.3 Å². The Kier molecular flexibility index (Phi) is 5.69. The molecule has 0 unspecified atom stereocenters. The second kappa shape index (κ2) is 9.08. The van der Waals surface area contributed by atoms with Crippen molar-refractivity contribution in [1.82, 2.24) is 39.5 Å². The third kappa shape index (κ3) is 4.19. The predicted molar refractivity (Wildman–Crippen MR) is 129 cm³/mol. The summed E-state index contributed by atoms with van der Waals surface area (Å²) in [4.78, 5) is 17.5. The van der Waals surface area contributed by atoms with E-state index in [2.05, 4.69) is 25.0 Å². The molecule has 38 heavy (non-hydrogen) atoms. The van der Waals surface area contributed by atoms with Crippen LogP contribution >= 0.6 is 0 Å². The van der Waals surface area contributed by atoms with Crippen molar-refractivity contribution >= 4 is 11.0 Å². The Morgan fingerprint density at radius 1 is 0.947 bits per heavy atom. The van der Waals surface area contributed by atoms with Crippen molar-refractivity contribution in [2.75, 3.05) is 14.2 Å². The summed E-state index contributed by atoms with van der Waals surface area (Å²) in [5.41, 5.74) is 3.87. The first-order valence-corrected chi connectivity index (χ1v) is 11.7. The van der Waals surface area contributed by atoms with Crippen molar-refractivity contribution < 1.29 is 22.6 Å². The van der Waals surface area contributed by atoms with Gasteiger partial charge in [-0.15, -0.1) is 0 Å². The predicted octanol–water partition coefficient (Wildman–Crippen LogP) is 4.30. The zero-order valence-electron chi connectivity index (χ0n) is 20.3. The lowest BCUT2D eigenvalue weighted by Crippen LogP contribution is -2.08. The highest BCUT2D eigenvalue weighted by molar-refractivity contribution is 5.79. The molecule has 0 N–H and O–H groups in total. The molecule has 1 aliphatic rings. The van der Waals surface area contributed by atoms with E-state index in [4.69, 9.17) is 14.6 Å². The average molecular weight is 522 g/mol. The number of benzene rings is 1. The van der Waals surface area contributed by atoms with Gasteiger partial charge in [0.1, 0.15) is 29.4 Å². The summed E-state index contributed by atoms with van der Waals surface area (Å²) in [6.07, 6.45) is 2.55. The summed E-state index contributed by atoms with van der Waals surface area (Å²) in [5.74, 6) is 0.716. The molecule has 194 valence electrons. The van der Waals surface area contributed by atoms with E-state index in [9.17, 15) is 13.2 Å². The summed E-state index contributed by atoms with van der Waals surface area (Å²) >= 11 is 0. The molecule has 0 bridgehead atoms. The van der Waals surface area contributed by atoms with E-state index >= 15 is 0 Å². The molecular weight excluding hydrogens is 501 g/mol. The molecule has 5 aromatic rings. The lowest BCUT2D eigenvalue weighted by atomic mass is 10.1. The Hall–Kier alpha value is -4.55. The van der Waals surface area contributed by atoms with E-state index in [0.29, 0.717) is 46.3 Å². The normalized spacial score (nSPS) is 13.7. The molecule has 0 aliphatic heterocycles. The molecule has 4 aromatic heterocycles. The van der Waals surface area contributed by atoms with E-state index in [0.717, 1.165) is 34.8 Å². The molecule has 0 atom stereocenters. The van der Waals surface area contributed by atoms with E-state index in [1.165, 1.54) is 19.8 Å². The highest BCUT2D eigenvalue weighted by Crippen LogP contribution is 2.43. The third-order valence-electron chi connectivity index (χ3n) is 6.33.